The molecule has 0 saturated heterocycles. The maximum atomic E-state index is 12.4. The van der Waals surface area contributed by atoms with Crippen LogP contribution in [-0.2, 0) is 20.0 Å². The summed E-state index contributed by atoms with van der Waals surface area (Å²) in [5.74, 6) is 0.162. The smallest absolute Gasteiger partial charge is 0.214 e. The van der Waals surface area contributed by atoms with Crippen LogP contribution < -0.4 is 14.8 Å². The van der Waals surface area contributed by atoms with E-state index in [-0.39, 0.29) is 18.0 Å². The van der Waals surface area contributed by atoms with E-state index in [0.29, 0.717) is 13.1 Å². The molecule has 1 aliphatic rings. The molecule has 0 aromatic heterocycles. The lowest BCUT2D eigenvalue weighted by Gasteiger charge is -2.24. The Kier molecular flexibility index (Phi) is 8.69. The van der Waals surface area contributed by atoms with Crippen molar-refractivity contribution in [3.63, 3.8) is 0 Å². The molecule has 33 heavy (non-hydrogen) atoms. The molecule has 7 nitrogen and oxygen atoms in total. The standard InChI is InChI=1S/C24H35N3O4S2/c1-18(2)33(30,31)27-23-11-7-10-22(23)19-12-14-21(15-13-19)24(20-8-5-4-6-9-20)25-16-17-26-32(3,28)29/h4-6,8-9,12-15,18,22-27H,7,10-11,16-17H2,1-3H3. The number of benzene rings is 2. The Bertz CT molecular complexity index is 1100. The third kappa shape index (κ3) is 7.35. The van der Waals surface area contributed by atoms with Crippen molar-refractivity contribution in [1.82, 2.24) is 14.8 Å². The highest BCUT2D eigenvalue weighted by Gasteiger charge is 2.32. The zero-order valence-corrected chi connectivity index (χ0v) is 21.1. The van der Waals surface area contributed by atoms with Gasteiger partial charge in [-0.3, -0.25) is 0 Å². The highest BCUT2D eigenvalue weighted by Crippen LogP contribution is 2.36. The Hall–Kier alpha value is -1.78. The molecule has 0 radical (unpaired) electrons. The van der Waals surface area contributed by atoms with Crippen molar-refractivity contribution >= 4 is 20.0 Å². The van der Waals surface area contributed by atoms with Crippen LogP contribution in [-0.4, -0.2) is 47.5 Å². The number of sulfonamides is 2. The normalized spacial score (nSPS) is 20.2. The summed E-state index contributed by atoms with van der Waals surface area (Å²) in [6.07, 6.45) is 3.96. The second-order valence-corrected chi connectivity index (χ2v) is 13.1. The summed E-state index contributed by atoms with van der Waals surface area (Å²) in [7, 11) is -6.54. The number of hydrogen-bond acceptors (Lipinski definition) is 5. The van der Waals surface area contributed by atoms with E-state index in [0.717, 1.165) is 42.2 Å². The molecule has 0 heterocycles. The molecular formula is C24H35N3O4S2. The van der Waals surface area contributed by atoms with Crippen LogP contribution in [0.15, 0.2) is 54.6 Å². The van der Waals surface area contributed by atoms with E-state index in [2.05, 4.69) is 39.0 Å². The third-order valence-electron chi connectivity index (χ3n) is 6.12. The molecule has 3 rings (SSSR count). The average Bonchev–Trinajstić information content (AvgIpc) is 3.21. The molecule has 2 aromatic carbocycles. The van der Waals surface area contributed by atoms with E-state index < -0.39 is 25.3 Å². The zero-order valence-electron chi connectivity index (χ0n) is 19.5. The fraction of sp³-hybridized carbons (Fsp3) is 0.500. The van der Waals surface area contributed by atoms with Gasteiger partial charge in [-0.25, -0.2) is 26.3 Å². The van der Waals surface area contributed by atoms with Crippen LogP contribution in [0, 0.1) is 0 Å². The van der Waals surface area contributed by atoms with E-state index in [1.807, 2.05) is 30.3 Å². The van der Waals surface area contributed by atoms with Gasteiger partial charge in [0.15, 0.2) is 0 Å². The van der Waals surface area contributed by atoms with Crippen molar-refractivity contribution in [3.8, 4) is 0 Å². The van der Waals surface area contributed by atoms with Crippen LogP contribution in [0.25, 0.3) is 0 Å². The summed E-state index contributed by atoms with van der Waals surface area (Å²) < 4.78 is 52.9. The largest absolute Gasteiger partial charge is 0.305 e. The molecule has 1 aliphatic carbocycles. The summed E-state index contributed by atoms with van der Waals surface area (Å²) in [5, 5.41) is 3.00. The van der Waals surface area contributed by atoms with E-state index in [1.165, 1.54) is 0 Å². The Morgan fingerprint density at radius 1 is 0.879 bits per heavy atom. The van der Waals surface area contributed by atoms with Gasteiger partial charge < -0.3 is 5.32 Å². The van der Waals surface area contributed by atoms with Crippen molar-refractivity contribution < 1.29 is 16.8 Å². The second-order valence-electron chi connectivity index (χ2n) is 8.99. The Morgan fingerprint density at radius 2 is 1.52 bits per heavy atom. The number of nitrogens with one attached hydrogen (secondary N) is 3. The molecular weight excluding hydrogens is 458 g/mol. The highest BCUT2D eigenvalue weighted by molar-refractivity contribution is 7.90. The van der Waals surface area contributed by atoms with Gasteiger partial charge in [0.2, 0.25) is 20.0 Å². The Morgan fingerprint density at radius 3 is 2.12 bits per heavy atom. The van der Waals surface area contributed by atoms with Crippen molar-refractivity contribution in [2.75, 3.05) is 19.3 Å². The van der Waals surface area contributed by atoms with Crippen molar-refractivity contribution in [2.45, 2.75) is 56.4 Å². The van der Waals surface area contributed by atoms with E-state index in [9.17, 15) is 16.8 Å². The van der Waals surface area contributed by atoms with E-state index >= 15 is 0 Å². The zero-order chi connectivity index (χ0) is 24.1. The van der Waals surface area contributed by atoms with Crippen LogP contribution in [0.4, 0.5) is 0 Å². The Balaban J connectivity index is 1.75. The van der Waals surface area contributed by atoms with E-state index in [1.54, 1.807) is 13.8 Å². The first-order valence-electron chi connectivity index (χ1n) is 11.4. The average molecular weight is 494 g/mol. The summed E-state index contributed by atoms with van der Waals surface area (Å²) in [6.45, 7) is 4.18. The van der Waals surface area contributed by atoms with Crippen LogP contribution in [0.2, 0.25) is 0 Å². The van der Waals surface area contributed by atoms with Gasteiger partial charge >= 0.3 is 0 Å². The fourth-order valence-electron chi connectivity index (χ4n) is 4.31. The van der Waals surface area contributed by atoms with E-state index in [4.69, 9.17) is 0 Å². The minimum atomic E-state index is -3.31. The van der Waals surface area contributed by atoms with Gasteiger partial charge in [-0.05, 0) is 43.4 Å². The Labute approximate surface area is 198 Å². The van der Waals surface area contributed by atoms with Gasteiger partial charge in [0, 0.05) is 25.0 Å². The third-order valence-corrected chi connectivity index (χ3v) is 8.72. The van der Waals surface area contributed by atoms with Gasteiger partial charge in [-0.2, -0.15) is 0 Å². The molecule has 182 valence electrons. The van der Waals surface area contributed by atoms with Gasteiger partial charge in [-0.15, -0.1) is 0 Å². The summed E-state index contributed by atoms with van der Waals surface area (Å²) in [4.78, 5) is 0. The minimum absolute atomic E-state index is 0.0756. The highest BCUT2D eigenvalue weighted by atomic mass is 32.2. The quantitative estimate of drug-likeness (QED) is 0.418. The lowest BCUT2D eigenvalue weighted by Crippen LogP contribution is -2.40. The molecule has 3 atom stereocenters. The molecule has 3 N–H and O–H groups in total. The second kappa shape index (κ2) is 11.1. The molecule has 0 aliphatic heterocycles. The monoisotopic (exact) mass is 493 g/mol. The topological polar surface area (TPSA) is 104 Å². The lowest BCUT2D eigenvalue weighted by molar-refractivity contribution is 0.519. The first kappa shape index (κ1) is 25.8. The minimum Gasteiger partial charge on any atom is -0.305 e. The molecule has 0 amide bonds. The van der Waals surface area contributed by atoms with Crippen molar-refractivity contribution in [3.05, 3.63) is 71.3 Å². The van der Waals surface area contributed by atoms with Crippen molar-refractivity contribution in [1.29, 1.82) is 0 Å². The molecule has 3 unspecified atom stereocenters. The number of rotatable bonds is 11. The van der Waals surface area contributed by atoms with Crippen LogP contribution in [0.5, 0.6) is 0 Å². The molecule has 1 fully saturated rings. The van der Waals surface area contributed by atoms with Crippen LogP contribution >= 0.6 is 0 Å². The first-order valence-corrected chi connectivity index (χ1v) is 14.8. The summed E-state index contributed by atoms with van der Waals surface area (Å²) in [6, 6.07) is 18.2. The fourth-order valence-corrected chi connectivity index (χ4v) is 5.76. The molecule has 9 heteroatoms. The maximum Gasteiger partial charge on any atom is 0.214 e. The van der Waals surface area contributed by atoms with Gasteiger partial charge in [0.05, 0.1) is 17.5 Å². The summed E-state index contributed by atoms with van der Waals surface area (Å²) in [5.41, 5.74) is 3.30. The number of hydrogen-bond donors (Lipinski definition) is 3. The maximum absolute atomic E-state index is 12.4. The molecule has 0 bridgehead atoms. The lowest BCUT2D eigenvalue weighted by atomic mass is 9.91. The summed E-state index contributed by atoms with van der Waals surface area (Å²) >= 11 is 0. The predicted molar refractivity (Wildman–Crippen MR) is 133 cm³/mol. The van der Waals surface area contributed by atoms with Crippen LogP contribution in [0.1, 0.15) is 61.8 Å². The molecule has 1 saturated carbocycles. The van der Waals surface area contributed by atoms with Gasteiger partial charge in [0.1, 0.15) is 0 Å². The SMILES string of the molecule is CC(C)S(=O)(=O)NC1CCCC1c1ccc(C(NCCNS(C)(=O)=O)c2ccccc2)cc1. The van der Waals surface area contributed by atoms with Crippen molar-refractivity contribution in [2.24, 2.45) is 0 Å². The van der Waals surface area contributed by atoms with Gasteiger partial charge in [-0.1, -0.05) is 61.0 Å². The molecule has 0 spiro atoms. The van der Waals surface area contributed by atoms with Gasteiger partial charge in [0.25, 0.3) is 0 Å². The predicted octanol–water partition coefficient (Wildman–Crippen LogP) is 2.88. The molecule has 2 aromatic rings. The van der Waals surface area contributed by atoms with Crippen LogP contribution in [0.3, 0.4) is 0 Å². The first-order chi connectivity index (χ1) is 15.6.